The zero-order valence-electron chi connectivity index (χ0n) is 7.68. The van der Waals surface area contributed by atoms with Gasteiger partial charge in [-0.1, -0.05) is 31.6 Å². The molecule has 0 saturated carbocycles. The molecule has 1 aliphatic rings. The van der Waals surface area contributed by atoms with Crippen molar-refractivity contribution in [1.82, 2.24) is 0 Å². The molecular weight excluding hydrogens is 136 g/mol. The Morgan fingerprint density at radius 1 is 1.36 bits per heavy atom. The van der Waals surface area contributed by atoms with Crippen LogP contribution >= 0.6 is 0 Å². The van der Waals surface area contributed by atoms with E-state index < -0.39 is 0 Å². The minimum Gasteiger partial charge on any atom is -0.388 e. The highest BCUT2D eigenvalue weighted by atomic mass is 16.3. The summed E-state index contributed by atoms with van der Waals surface area (Å²) in [5, 5.41) is 9.71. The standard InChI is InChI=1S/C10H16O/c1-7-5-8(2)9(11)10(3,4)6-7/h5-6,9,11H,1-4H3. The van der Waals surface area contributed by atoms with E-state index in [1.54, 1.807) is 0 Å². The van der Waals surface area contributed by atoms with Crippen molar-refractivity contribution >= 4 is 0 Å². The van der Waals surface area contributed by atoms with E-state index in [0.29, 0.717) is 0 Å². The molecule has 0 spiro atoms. The van der Waals surface area contributed by atoms with E-state index in [1.165, 1.54) is 5.57 Å². The van der Waals surface area contributed by atoms with Gasteiger partial charge in [0.25, 0.3) is 0 Å². The second-order valence-electron chi connectivity index (χ2n) is 4.00. The molecule has 1 rings (SSSR count). The van der Waals surface area contributed by atoms with Gasteiger partial charge in [0.1, 0.15) is 0 Å². The predicted octanol–water partition coefficient (Wildman–Crippen LogP) is 2.28. The van der Waals surface area contributed by atoms with Gasteiger partial charge in [-0.15, -0.1) is 0 Å². The molecule has 0 aromatic heterocycles. The van der Waals surface area contributed by atoms with Gasteiger partial charge in [0.05, 0.1) is 6.10 Å². The van der Waals surface area contributed by atoms with Crippen LogP contribution in [0, 0.1) is 5.41 Å². The lowest BCUT2D eigenvalue weighted by Gasteiger charge is -2.31. The summed E-state index contributed by atoms with van der Waals surface area (Å²) in [6.07, 6.45) is 3.84. The van der Waals surface area contributed by atoms with Crippen LogP contribution in [0.4, 0.5) is 0 Å². The summed E-state index contributed by atoms with van der Waals surface area (Å²) in [5.41, 5.74) is 2.22. The predicted molar refractivity (Wildman–Crippen MR) is 47.3 cm³/mol. The van der Waals surface area contributed by atoms with Gasteiger partial charge in [0.15, 0.2) is 0 Å². The highest BCUT2D eigenvalue weighted by Crippen LogP contribution is 2.33. The van der Waals surface area contributed by atoms with E-state index in [4.69, 9.17) is 0 Å². The summed E-state index contributed by atoms with van der Waals surface area (Å²) < 4.78 is 0. The fourth-order valence-electron chi connectivity index (χ4n) is 1.73. The van der Waals surface area contributed by atoms with Crippen molar-refractivity contribution in [2.45, 2.75) is 33.8 Å². The van der Waals surface area contributed by atoms with E-state index in [-0.39, 0.29) is 11.5 Å². The summed E-state index contributed by atoms with van der Waals surface area (Å²) in [7, 11) is 0. The first kappa shape index (κ1) is 8.54. The maximum Gasteiger partial charge on any atom is 0.0836 e. The normalized spacial score (nSPS) is 29.4. The van der Waals surface area contributed by atoms with Crippen LogP contribution in [0.1, 0.15) is 27.7 Å². The second-order valence-corrected chi connectivity index (χ2v) is 4.00. The van der Waals surface area contributed by atoms with E-state index in [0.717, 1.165) is 5.57 Å². The minimum atomic E-state index is -0.314. The van der Waals surface area contributed by atoms with Gasteiger partial charge in [-0.25, -0.2) is 0 Å². The van der Waals surface area contributed by atoms with Crippen LogP contribution in [0.15, 0.2) is 23.3 Å². The third kappa shape index (κ3) is 1.54. The third-order valence-corrected chi connectivity index (χ3v) is 2.19. The first-order chi connectivity index (χ1) is 4.93. The molecule has 0 aliphatic heterocycles. The van der Waals surface area contributed by atoms with E-state index in [1.807, 2.05) is 13.0 Å². The Bertz CT molecular complexity index is 221. The second kappa shape index (κ2) is 2.49. The Balaban J connectivity index is 3.01. The molecule has 0 aromatic carbocycles. The molecule has 1 nitrogen and oxygen atoms in total. The van der Waals surface area contributed by atoms with Gasteiger partial charge in [-0.05, 0) is 19.4 Å². The monoisotopic (exact) mass is 152 g/mol. The molecule has 11 heavy (non-hydrogen) atoms. The fraction of sp³-hybridized carbons (Fsp3) is 0.600. The number of hydrogen-bond donors (Lipinski definition) is 1. The van der Waals surface area contributed by atoms with Crippen molar-refractivity contribution in [3.8, 4) is 0 Å². The Labute approximate surface area is 68.4 Å². The van der Waals surface area contributed by atoms with E-state index in [9.17, 15) is 5.11 Å². The Kier molecular flexibility index (Phi) is 1.93. The van der Waals surface area contributed by atoms with Crippen molar-refractivity contribution in [2.24, 2.45) is 5.41 Å². The van der Waals surface area contributed by atoms with Gasteiger partial charge in [0, 0.05) is 5.41 Å². The summed E-state index contributed by atoms with van der Waals surface area (Å²) in [4.78, 5) is 0. The first-order valence-corrected chi connectivity index (χ1v) is 3.99. The Hall–Kier alpha value is -0.560. The van der Waals surface area contributed by atoms with Crippen LogP contribution in [0.25, 0.3) is 0 Å². The summed E-state index contributed by atoms with van der Waals surface area (Å²) in [6, 6.07) is 0. The number of aliphatic hydroxyl groups is 1. The molecule has 0 saturated heterocycles. The zero-order chi connectivity index (χ0) is 8.65. The van der Waals surface area contributed by atoms with E-state index in [2.05, 4.69) is 26.8 Å². The van der Waals surface area contributed by atoms with Crippen LogP contribution in [-0.2, 0) is 0 Å². The summed E-state index contributed by atoms with van der Waals surface area (Å²) in [5.74, 6) is 0. The van der Waals surface area contributed by atoms with Gasteiger partial charge in [0.2, 0.25) is 0 Å². The SMILES string of the molecule is CC1=CC(C)(C)C(O)C(C)=C1. The molecule has 1 atom stereocenters. The number of allylic oxidation sites excluding steroid dienone is 2. The Morgan fingerprint density at radius 2 is 1.91 bits per heavy atom. The lowest BCUT2D eigenvalue weighted by atomic mass is 9.77. The lowest BCUT2D eigenvalue weighted by molar-refractivity contribution is 0.112. The van der Waals surface area contributed by atoms with Crippen molar-refractivity contribution in [3.63, 3.8) is 0 Å². The highest BCUT2D eigenvalue weighted by molar-refractivity contribution is 5.32. The molecule has 1 heteroatoms. The molecular formula is C10H16O. The zero-order valence-corrected chi connectivity index (χ0v) is 7.68. The summed E-state index contributed by atoms with van der Waals surface area (Å²) >= 11 is 0. The topological polar surface area (TPSA) is 20.2 Å². The average molecular weight is 152 g/mol. The van der Waals surface area contributed by atoms with E-state index >= 15 is 0 Å². The fourth-order valence-corrected chi connectivity index (χ4v) is 1.73. The number of hydrogen-bond acceptors (Lipinski definition) is 1. The Morgan fingerprint density at radius 3 is 2.36 bits per heavy atom. The van der Waals surface area contributed by atoms with Gasteiger partial charge in [-0.2, -0.15) is 0 Å². The lowest BCUT2D eigenvalue weighted by Crippen LogP contribution is -2.30. The molecule has 0 radical (unpaired) electrons. The van der Waals surface area contributed by atoms with Gasteiger partial charge >= 0.3 is 0 Å². The van der Waals surface area contributed by atoms with Crippen LogP contribution in [0.2, 0.25) is 0 Å². The molecule has 0 fully saturated rings. The van der Waals surface area contributed by atoms with Crippen LogP contribution in [-0.4, -0.2) is 11.2 Å². The molecule has 0 amide bonds. The van der Waals surface area contributed by atoms with Crippen LogP contribution in [0.5, 0.6) is 0 Å². The van der Waals surface area contributed by atoms with Crippen molar-refractivity contribution in [2.75, 3.05) is 0 Å². The molecule has 0 heterocycles. The number of rotatable bonds is 0. The average Bonchev–Trinajstić information content (AvgIpc) is 1.81. The number of aliphatic hydroxyl groups excluding tert-OH is 1. The van der Waals surface area contributed by atoms with Crippen LogP contribution in [0.3, 0.4) is 0 Å². The minimum absolute atomic E-state index is 0.0943. The molecule has 1 aliphatic carbocycles. The largest absolute Gasteiger partial charge is 0.388 e. The van der Waals surface area contributed by atoms with Crippen LogP contribution < -0.4 is 0 Å². The smallest absolute Gasteiger partial charge is 0.0836 e. The molecule has 62 valence electrons. The molecule has 0 bridgehead atoms. The van der Waals surface area contributed by atoms with Crippen molar-refractivity contribution in [1.29, 1.82) is 0 Å². The maximum atomic E-state index is 9.71. The molecule has 0 aromatic rings. The highest BCUT2D eigenvalue weighted by Gasteiger charge is 2.29. The van der Waals surface area contributed by atoms with Crippen molar-refractivity contribution in [3.05, 3.63) is 23.3 Å². The molecule has 1 unspecified atom stereocenters. The van der Waals surface area contributed by atoms with Crippen molar-refractivity contribution < 1.29 is 5.11 Å². The molecule has 1 N–H and O–H groups in total. The maximum absolute atomic E-state index is 9.71. The third-order valence-electron chi connectivity index (χ3n) is 2.19. The summed E-state index contributed by atoms with van der Waals surface area (Å²) in [6.45, 7) is 8.15. The quantitative estimate of drug-likeness (QED) is 0.564. The first-order valence-electron chi connectivity index (χ1n) is 3.99. The van der Waals surface area contributed by atoms with Gasteiger partial charge < -0.3 is 5.11 Å². The van der Waals surface area contributed by atoms with Gasteiger partial charge in [-0.3, -0.25) is 0 Å².